The molecule has 2 aromatic heterocycles. The van der Waals surface area contributed by atoms with Gasteiger partial charge in [-0.1, -0.05) is 6.07 Å². The molecule has 0 saturated heterocycles. The lowest BCUT2D eigenvalue weighted by molar-refractivity contribution is -0.384. The molecule has 0 aliphatic carbocycles. The van der Waals surface area contributed by atoms with E-state index in [1.807, 2.05) is 18.2 Å². The highest BCUT2D eigenvalue weighted by atomic mass is 16.6. The molecule has 0 fully saturated rings. The summed E-state index contributed by atoms with van der Waals surface area (Å²) < 4.78 is 4.52. The molecule has 0 radical (unpaired) electrons. The number of aromatic nitrogens is 2. The molecular formula is C14H14N4O4. The topological polar surface area (TPSA) is 107 Å². The van der Waals surface area contributed by atoms with Gasteiger partial charge in [-0.2, -0.15) is 0 Å². The summed E-state index contributed by atoms with van der Waals surface area (Å²) in [6.45, 7) is 0.433. The zero-order valence-electron chi connectivity index (χ0n) is 11.9. The highest BCUT2D eigenvalue weighted by Crippen LogP contribution is 2.23. The van der Waals surface area contributed by atoms with Crippen LogP contribution in [-0.2, 0) is 11.2 Å². The minimum atomic E-state index is -0.671. The molecule has 1 N–H and O–H groups in total. The highest BCUT2D eigenvalue weighted by molar-refractivity contribution is 5.90. The predicted octanol–water partition coefficient (Wildman–Crippen LogP) is 1.83. The van der Waals surface area contributed by atoms with Gasteiger partial charge in [-0.25, -0.2) is 9.78 Å². The molecule has 0 aromatic carbocycles. The highest BCUT2D eigenvalue weighted by Gasteiger charge is 2.19. The second-order valence-corrected chi connectivity index (χ2v) is 4.34. The van der Waals surface area contributed by atoms with Gasteiger partial charge in [0.05, 0.1) is 17.6 Å². The van der Waals surface area contributed by atoms with Gasteiger partial charge in [-0.3, -0.25) is 15.1 Å². The van der Waals surface area contributed by atoms with Gasteiger partial charge in [0.2, 0.25) is 5.82 Å². The molecule has 22 heavy (non-hydrogen) atoms. The maximum Gasteiger partial charge on any atom is 0.339 e. The lowest BCUT2D eigenvalue weighted by atomic mass is 10.2. The van der Waals surface area contributed by atoms with Crippen molar-refractivity contribution >= 4 is 17.5 Å². The Morgan fingerprint density at radius 3 is 2.86 bits per heavy atom. The molecule has 2 aromatic rings. The molecular weight excluding hydrogens is 288 g/mol. The Bertz CT molecular complexity index is 676. The number of nitrogens with zero attached hydrogens (tertiary/aromatic N) is 3. The summed E-state index contributed by atoms with van der Waals surface area (Å²) in [5.74, 6) is -0.566. The maximum atomic E-state index is 11.4. The lowest BCUT2D eigenvalue weighted by Gasteiger charge is -2.07. The van der Waals surface area contributed by atoms with Crippen LogP contribution in [0.4, 0.5) is 11.5 Å². The molecule has 0 aliphatic heterocycles. The molecule has 0 unspecified atom stereocenters. The van der Waals surface area contributed by atoms with E-state index in [0.717, 1.165) is 11.8 Å². The molecule has 2 heterocycles. The van der Waals surface area contributed by atoms with Gasteiger partial charge in [0.1, 0.15) is 0 Å². The fraction of sp³-hybridized carbons (Fsp3) is 0.214. The number of pyridine rings is 2. The number of rotatable bonds is 6. The normalized spacial score (nSPS) is 10.0. The van der Waals surface area contributed by atoms with Gasteiger partial charge in [-0.15, -0.1) is 0 Å². The first-order valence-corrected chi connectivity index (χ1v) is 6.48. The summed E-state index contributed by atoms with van der Waals surface area (Å²) in [6.07, 6.45) is 3.52. The van der Waals surface area contributed by atoms with Crippen molar-refractivity contribution in [3.05, 3.63) is 58.0 Å². The monoisotopic (exact) mass is 302 g/mol. The zero-order chi connectivity index (χ0) is 15.9. The number of hydrogen-bond donors (Lipinski definition) is 1. The molecule has 2 rings (SSSR count). The number of anilines is 1. The molecule has 114 valence electrons. The van der Waals surface area contributed by atoms with Gasteiger partial charge in [0.25, 0.3) is 0 Å². The number of ether oxygens (including phenoxy) is 1. The third-order valence-corrected chi connectivity index (χ3v) is 2.89. The summed E-state index contributed by atoms with van der Waals surface area (Å²) in [6, 6.07) is 6.69. The fourth-order valence-corrected chi connectivity index (χ4v) is 1.81. The maximum absolute atomic E-state index is 11.4. The molecule has 0 amide bonds. The third kappa shape index (κ3) is 3.75. The zero-order valence-corrected chi connectivity index (χ0v) is 11.9. The number of nitro groups is 1. The first-order chi connectivity index (χ1) is 10.6. The van der Waals surface area contributed by atoms with Crippen molar-refractivity contribution in [2.45, 2.75) is 6.42 Å². The van der Waals surface area contributed by atoms with Crippen molar-refractivity contribution in [1.82, 2.24) is 9.97 Å². The Labute approximate surface area is 126 Å². The molecule has 8 heteroatoms. The Morgan fingerprint density at radius 2 is 2.23 bits per heavy atom. The molecule has 0 atom stereocenters. The van der Waals surface area contributed by atoms with Crippen LogP contribution in [0.15, 0.2) is 36.7 Å². The van der Waals surface area contributed by atoms with Crippen LogP contribution in [-0.4, -0.2) is 34.5 Å². The molecule has 0 saturated carbocycles. The van der Waals surface area contributed by atoms with Crippen LogP contribution in [0.5, 0.6) is 0 Å². The first kappa shape index (κ1) is 15.4. The number of methoxy groups -OCH3 is 1. The summed E-state index contributed by atoms with van der Waals surface area (Å²) in [5, 5.41) is 14.0. The van der Waals surface area contributed by atoms with E-state index in [-0.39, 0.29) is 17.1 Å². The van der Waals surface area contributed by atoms with E-state index in [0.29, 0.717) is 13.0 Å². The van der Waals surface area contributed by atoms with Crippen molar-refractivity contribution in [3.8, 4) is 0 Å². The van der Waals surface area contributed by atoms with Crippen LogP contribution in [0, 0.1) is 10.1 Å². The minimum Gasteiger partial charge on any atom is -0.465 e. The van der Waals surface area contributed by atoms with Crippen molar-refractivity contribution in [2.24, 2.45) is 0 Å². The van der Waals surface area contributed by atoms with Crippen molar-refractivity contribution in [3.63, 3.8) is 0 Å². The van der Waals surface area contributed by atoms with Crippen LogP contribution in [0.1, 0.15) is 16.1 Å². The second-order valence-electron chi connectivity index (χ2n) is 4.34. The van der Waals surface area contributed by atoms with Crippen molar-refractivity contribution in [2.75, 3.05) is 19.0 Å². The SMILES string of the molecule is COC(=O)c1cnc(NCCc2ccccn2)c([N+](=O)[O-])c1. The average molecular weight is 302 g/mol. The van der Waals surface area contributed by atoms with E-state index < -0.39 is 10.9 Å². The number of nitrogens with one attached hydrogen (secondary N) is 1. The molecule has 0 spiro atoms. The van der Waals surface area contributed by atoms with E-state index in [9.17, 15) is 14.9 Å². The Hall–Kier alpha value is -3.03. The van der Waals surface area contributed by atoms with Crippen molar-refractivity contribution in [1.29, 1.82) is 0 Å². The third-order valence-electron chi connectivity index (χ3n) is 2.89. The summed E-state index contributed by atoms with van der Waals surface area (Å²) in [7, 11) is 1.20. The second kappa shape index (κ2) is 7.11. The van der Waals surface area contributed by atoms with Crippen LogP contribution < -0.4 is 5.32 Å². The smallest absolute Gasteiger partial charge is 0.339 e. The van der Waals surface area contributed by atoms with Gasteiger partial charge in [0, 0.05) is 37.1 Å². The number of hydrogen-bond acceptors (Lipinski definition) is 7. The Morgan fingerprint density at radius 1 is 1.41 bits per heavy atom. The van der Waals surface area contributed by atoms with Crippen LogP contribution >= 0.6 is 0 Å². The Kier molecular flexibility index (Phi) is 4.97. The molecule has 8 nitrogen and oxygen atoms in total. The van der Waals surface area contributed by atoms with Gasteiger partial charge >= 0.3 is 11.7 Å². The largest absolute Gasteiger partial charge is 0.465 e. The summed E-state index contributed by atoms with van der Waals surface area (Å²) in [4.78, 5) is 30.0. The predicted molar refractivity (Wildman–Crippen MR) is 78.7 cm³/mol. The number of carbonyl (C=O) groups is 1. The van der Waals surface area contributed by atoms with E-state index in [2.05, 4.69) is 20.0 Å². The van der Waals surface area contributed by atoms with Gasteiger partial charge in [0.15, 0.2) is 0 Å². The van der Waals surface area contributed by atoms with Crippen LogP contribution in [0.2, 0.25) is 0 Å². The van der Waals surface area contributed by atoms with Gasteiger partial charge < -0.3 is 10.1 Å². The van der Waals surface area contributed by atoms with E-state index in [4.69, 9.17) is 0 Å². The molecule has 0 bridgehead atoms. The standard InChI is InChI=1S/C14H14N4O4/c1-22-14(19)10-8-12(18(20)21)13(17-9-10)16-7-5-11-4-2-3-6-15-11/h2-4,6,8-9H,5,7H2,1H3,(H,16,17). The number of esters is 1. The minimum absolute atomic E-state index is 0.0319. The van der Waals surface area contributed by atoms with Crippen LogP contribution in [0.3, 0.4) is 0 Å². The van der Waals surface area contributed by atoms with Crippen LogP contribution in [0.25, 0.3) is 0 Å². The number of carbonyl (C=O) groups excluding carboxylic acids is 1. The summed E-state index contributed by atoms with van der Waals surface area (Å²) in [5.41, 5.74) is 0.622. The Balaban J connectivity index is 2.09. The fourth-order valence-electron chi connectivity index (χ4n) is 1.81. The lowest BCUT2D eigenvalue weighted by Crippen LogP contribution is -2.11. The average Bonchev–Trinajstić information content (AvgIpc) is 2.55. The molecule has 0 aliphatic rings. The van der Waals surface area contributed by atoms with Gasteiger partial charge in [-0.05, 0) is 12.1 Å². The van der Waals surface area contributed by atoms with E-state index >= 15 is 0 Å². The summed E-state index contributed by atoms with van der Waals surface area (Å²) >= 11 is 0. The first-order valence-electron chi connectivity index (χ1n) is 6.48. The van der Waals surface area contributed by atoms with E-state index in [1.165, 1.54) is 13.3 Å². The quantitative estimate of drug-likeness (QED) is 0.492. The van der Waals surface area contributed by atoms with Crippen molar-refractivity contribution < 1.29 is 14.5 Å². The van der Waals surface area contributed by atoms with E-state index in [1.54, 1.807) is 6.20 Å².